The van der Waals surface area contributed by atoms with Crippen molar-refractivity contribution in [1.82, 2.24) is 4.90 Å². The average molecular weight is 284 g/mol. The Morgan fingerprint density at radius 3 is 2.32 bits per heavy atom. The highest BCUT2D eigenvalue weighted by atomic mass is 28.1. The Bertz CT molecular complexity index is 247. The normalized spacial score (nSPS) is 24.7. The average Bonchev–Trinajstić information content (AvgIpc) is 2.36. The smallest absolute Gasteiger partial charge is 0.0678 e. The Morgan fingerprint density at radius 2 is 1.68 bits per heavy atom. The summed E-state index contributed by atoms with van der Waals surface area (Å²) in [5, 5.41) is 0. The molecule has 1 aliphatic heterocycles. The minimum atomic E-state index is 0.410. The highest BCUT2D eigenvalue weighted by molar-refractivity contribution is 6.10. The third-order valence-corrected chi connectivity index (χ3v) is 5.00. The van der Waals surface area contributed by atoms with Crippen LogP contribution in [0.1, 0.15) is 52.4 Å². The SMILES string of the molecule is C=C(C[SiH3])CCCCCCCN1CC(C)OC(C)C1. The van der Waals surface area contributed by atoms with E-state index in [0.717, 1.165) is 13.1 Å². The van der Waals surface area contributed by atoms with Crippen LogP contribution in [0.25, 0.3) is 0 Å². The van der Waals surface area contributed by atoms with Gasteiger partial charge >= 0.3 is 0 Å². The third-order valence-electron chi connectivity index (χ3n) is 4.00. The van der Waals surface area contributed by atoms with E-state index in [0.29, 0.717) is 12.2 Å². The molecule has 0 spiro atoms. The number of unbranched alkanes of at least 4 members (excludes halogenated alkanes) is 4. The lowest BCUT2D eigenvalue weighted by Gasteiger charge is -2.35. The predicted molar refractivity (Wildman–Crippen MR) is 88.0 cm³/mol. The van der Waals surface area contributed by atoms with E-state index >= 15 is 0 Å². The first-order chi connectivity index (χ1) is 9.11. The molecule has 3 heteroatoms. The highest BCUT2D eigenvalue weighted by Gasteiger charge is 2.21. The number of hydrogen-bond donors (Lipinski definition) is 0. The van der Waals surface area contributed by atoms with Gasteiger partial charge in [-0.1, -0.05) is 24.8 Å². The zero-order valence-corrected chi connectivity index (χ0v) is 15.3. The Morgan fingerprint density at radius 1 is 1.11 bits per heavy atom. The minimum Gasteiger partial charge on any atom is -0.373 e. The maximum absolute atomic E-state index is 5.76. The van der Waals surface area contributed by atoms with Crippen molar-refractivity contribution >= 4 is 10.2 Å². The summed E-state index contributed by atoms with van der Waals surface area (Å²) >= 11 is 0. The molecule has 0 saturated carbocycles. The molecular weight excluding hydrogens is 250 g/mol. The minimum absolute atomic E-state index is 0.410. The summed E-state index contributed by atoms with van der Waals surface area (Å²) in [6, 6.07) is 1.29. The van der Waals surface area contributed by atoms with Crippen molar-refractivity contribution in [2.24, 2.45) is 0 Å². The molecule has 1 heterocycles. The zero-order chi connectivity index (χ0) is 14.1. The van der Waals surface area contributed by atoms with Gasteiger partial charge in [0.05, 0.1) is 12.2 Å². The second-order valence-electron chi connectivity index (χ2n) is 6.14. The van der Waals surface area contributed by atoms with Crippen LogP contribution in [-0.2, 0) is 4.74 Å². The molecule has 112 valence electrons. The number of morpholine rings is 1. The van der Waals surface area contributed by atoms with Gasteiger partial charge in [0, 0.05) is 23.3 Å². The molecule has 1 aliphatic rings. The van der Waals surface area contributed by atoms with E-state index in [1.165, 1.54) is 66.9 Å². The molecule has 0 amide bonds. The summed E-state index contributed by atoms with van der Waals surface area (Å²) in [5.41, 5.74) is 1.47. The highest BCUT2D eigenvalue weighted by Crippen LogP contribution is 2.14. The predicted octanol–water partition coefficient (Wildman–Crippen LogP) is 2.78. The first-order valence-corrected chi connectivity index (χ1v) is 9.57. The quantitative estimate of drug-likeness (QED) is 0.366. The molecule has 0 aromatic rings. The van der Waals surface area contributed by atoms with Crippen LogP contribution in [-0.4, -0.2) is 47.0 Å². The molecule has 2 nitrogen and oxygen atoms in total. The number of hydrogen-bond acceptors (Lipinski definition) is 2. The van der Waals surface area contributed by atoms with Crippen molar-refractivity contribution in [2.75, 3.05) is 19.6 Å². The van der Waals surface area contributed by atoms with Crippen LogP contribution in [0.2, 0.25) is 6.04 Å². The van der Waals surface area contributed by atoms with E-state index in [2.05, 4.69) is 25.3 Å². The lowest BCUT2D eigenvalue weighted by molar-refractivity contribution is -0.0681. The van der Waals surface area contributed by atoms with Crippen LogP contribution in [0.5, 0.6) is 0 Å². The molecule has 1 saturated heterocycles. The van der Waals surface area contributed by atoms with Crippen molar-refractivity contribution in [3.05, 3.63) is 12.2 Å². The van der Waals surface area contributed by atoms with E-state index < -0.39 is 0 Å². The molecule has 0 N–H and O–H groups in total. The van der Waals surface area contributed by atoms with Gasteiger partial charge in [-0.2, -0.15) is 0 Å². The van der Waals surface area contributed by atoms with Crippen LogP contribution in [0, 0.1) is 0 Å². The molecular formula is C16H33NOSi. The van der Waals surface area contributed by atoms with Crippen LogP contribution in [0.4, 0.5) is 0 Å². The van der Waals surface area contributed by atoms with Gasteiger partial charge in [0.1, 0.15) is 0 Å². The summed E-state index contributed by atoms with van der Waals surface area (Å²) in [4.78, 5) is 2.57. The lowest BCUT2D eigenvalue weighted by atomic mass is 10.1. The molecule has 2 atom stereocenters. The number of nitrogens with zero attached hydrogens (tertiary/aromatic N) is 1. The molecule has 1 rings (SSSR count). The van der Waals surface area contributed by atoms with E-state index in [4.69, 9.17) is 4.74 Å². The molecule has 0 radical (unpaired) electrons. The van der Waals surface area contributed by atoms with Crippen LogP contribution < -0.4 is 0 Å². The standard InChI is InChI=1S/C16H33NOSi/c1-14(13-19)9-7-5-4-6-8-10-17-11-15(2)18-16(3)12-17/h15-16H,1,4-13H2,2-3,19H3. The molecule has 0 bridgehead atoms. The van der Waals surface area contributed by atoms with Gasteiger partial charge in [0.25, 0.3) is 0 Å². The molecule has 1 fully saturated rings. The molecule has 19 heavy (non-hydrogen) atoms. The Hall–Kier alpha value is -0.123. The van der Waals surface area contributed by atoms with Crippen molar-refractivity contribution in [2.45, 2.75) is 70.6 Å². The van der Waals surface area contributed by atoms with Crippen molar-refractivity contribution < 1.29 is 4.74 Å². The third kappa shape index (κ3) is 7.90. The van der Waals surface area contributed by atoms with Gasteiger partial charge in [-0.25, -0.2) is 0 Å². The van der Waals surface area contributed by atoms with E-state index in [1.54, 1.807) is 0 Å². The largest absolute Gasteiger partial charge is 0.373 e. The molecule has 0 aliphatic carbocycles. The molecule has 0 aromatic carbocycles. The summed E-state index contributed by atoms with van der Waals surface area (Å²) < 4.78 is 5.76. The van der Waals surface area contributed by atoms with Gasteiger partial charge in [-0.15, -0.1) is 6.58 Å². The molecule has 0 aromatic heterocycles. The first kappa shape index (κ1) is 16.9. The van der Waals surface area contributed by atoms with Gasteiger partial charge in [0.15, 0.2) is 0 Å². The van der Waals surface area contributed by atoms with E-state index in [9.17, 15) is 0 Å². The maximum atomic E-state index is 5.76. The lowest BCUT2D eigenvalue weighted by Crippen LogP contribution is -2.45. The number of allylic oxidation sites excluding steroid dienone is 1. The fraction of sp³-hybridized carbons (Fsp3) is 0.875. The van der Waals surface area contributed by atoms with Crippen LogP contribution in [0.15, 0.2) is 12.2 Å². The van der Waals surface area contributed by atoms with Crippen LogP contribution >= 0.6 is 0 Å². The van der Waals surface area contributed by atoms with Crippen molar-refractivity contribution in [1.29, 1.82) is 0 Å². The maximum Gasteiger partial charge on any atom is 0.0678 e. The monoisotopic (exact) mass is 283 g/mol. The summed E-state index contributed by atoms with van der Waals surface area (Å²) in [6.45, 7) is 12.0. The summed E-state index contributed by atoms with van der Waals surface area (Å²) in [6.07, 6.45) is 8.95. The van der Waals surface area contributed by atoms with Gasteiger partial charge in [0.2, 0.25) is 0 Å². The molecule has 2 unspecified atom stereocenters. The van der Waals surface area contributed by atoms with Crippen LogP contribution in [0.3, 0.4) is 0 Å². The van der Waals surface area contributed by atoms with Gasteiger partial charge in [-0.3, -0.25) is 4.90 Å². The van der Waals surface area contributed by atoms with Gasteiger partial charge < -0.3 is 4.74 Å². The first-order valence-electron chi connectivity index (χ1n) is 8.16. The Kier molecular flexibility index (Phi) is 8.67. The fourth-order valence-electron chi connectivity index (χ4n) is 2.88. The topological polar surface area (TPSA) is 12.5 Å². The summed E-state index contributed by atoms with van der Waals surface area (Å²) in [5.74, 6) is 0. The van der Waals surface area contributed by atoms with Crippen molar-refractivity contribution in [3.63, 3.8) is 0 Å². The van der Waals surface area contributed by atoms with Gasteiger partial charge in [-0.05, 0) is 45.7 Å². The van der Waals surface area contributed by atoms with E-state index in [-0.39, 0.29) is 0 Å². The number of ether oxygens (including phenoxy) is 1. The second kappa shape index (κ2) is 9.73. The number of rotatable bonds is 9. The van der Waals surface area contributed by atoms with E-state index in [1.807, 2.05) is 0 Å². The Labute approximate surface area is 123 Å². The summed E-state index contributed by atoms with van der Waals surface area (Å²) in [7, 11) is 1.28. The van der Waals surface area contributed by atoms with Crippen molar-refractivity contribution in [3.8, 4) is 0 Å². The fourth-order valence-corrected chi connectivity index (χ4v) is 3.24. The second-order valence-corrected chi connectivity index (χ2v) is 6.85. The Balaban J connectivity index is 1.94. The zero-order valence-electron chi connectivity index (χ0n) is 13.3.